The third-order valence-electron chi connectivity index (χ3n) is 4.67. The number of benzene rings is 2. The maximum atomic E-state index is 12.7. The highest BCUT2D eigenvalue weighted by atomic mass is 19.4. The average molecular weight is 349 g/mol. The van der Waals surface area contributed by atoms with Crippen LogP contribution in [0.1, 0.15) is 39.9 Å². The Morgan fingerprint density at radius 3 is 2.12 bits per heavy atom. The van der Waals surface area contributed by atoms with Crippen molar-refractivity contribution in [3.63, 3.8) is 0 Å². The Kier molecular flexibility index (Phi) is 4.56. The van der Waals surface area contributed by atoms with E-state index in [9.17, 15) is 18.0 Å². The van der Waals surface area contributed by atoms with Crippen LogP contribution < -0.4 is 5.32 Å². The number of hydrogen-bond acceptors (Lipinski definition) is 2. The molecule has 1 fully saturated rings. The van der Waals surface area contributed by atoms with Crippen molar-refractivity contribution in [2.24, 2.45) is 0 Å². The summed E-state index contributed by atoms with van der Waals surface area (Å²) in [6, 6.07) is 12.0. The van der Waals surface area contributed by atoms with Crippen LogP contribution in [0.25, 0.3) is 0 Å². The number of carboxylic acid groups (broad SMARTS) is 1. The highest BCUT2D eigenvalue weighted by molar-refractivity contribution is 5.87. The molecule has 3 nitrogen and oxygen atoms in total. The number of alkyl halides is 3. The van der Waals surface area contributed by atoms with Crippen molar-refractivity contribution in [3.8, 4) is 0 Å². The predicted molar refractivity (Wildman–Crippen MR) is 87.5 cm³/mol. The molecule has 0 radical (unpaired) electrons. The molecule has 0 saturated heterocycles. The molecule has 2 N–H and O–H groups in total. The topological polar surface area (TPSA) is 49.3 Å². The van der Waals surface area contributed by atoms with E-state index in [-0.39, 0.29) is 11.0 Å². The maximum absolute atomic E-state index is 12.7. The van der Waals surface area contributed by atoms with Crippen molar-refractivity contribution in [2.75, 3.05) is 6.54 Å². The summed E-state index contributed by atoms with van der Waals surface area (Å²) in [5.41, 5.74) is 1.42. The normalized spacial score (nSPS) is 15.8. The molecule has 132 valence electrons. The van der Waals surface area contributed by atoms with Crippen molar-refractivity contribution in [1.29, 1.82) is 0 Å². The smallest absolute Gasteiger partial charge is 0.416 e. The van der Waals surface area contributed by atoms with Crippen LogP contribution in [0.2, 0.25) is 0 Å². The van der Waals surface area contributed by atoms with Gasteiger partial charge in [-0.2, -0.15) is 13.2 Å². The zero-order valence-electron chi connectivity index (χ0n) is 13.4. The van der Waals surface area contributed by atoms with Gasteiger partial charge in [0.2, 0.25) is 0 Å². The first-order valence-electron chi connectivity index (χ1n) is 8.01. The van der Waals surface area contributed by atoms with Gasteiger partial charge >= 0.3 is 12.1 Å². The summed E-state index contributed by atoms with van der Waals surface area (Å²) in [7, 11) is 0. The van der Waals surface area contributed by atoms with Gasteiger partial charge in [0.1, 0.15) is 0 Å². The Labute approximate surface area is 143 Å². The van der Waals surface area contributed by atoms with E-state index in [0.717, 1.165) is 36.1 Å². The molecule has 0 atom stereocenters. The van der Waals surface area contributed by atoms with Gasteiger partial charge in [0.15, 0.2) is 0 Å². The molecule has 2 aromatic carbocycles. The summed E-state index contributed by atoms with van der Waals surface area (Å²) in [5, 5.41) is 12.2. The Morgan fingerprint density at radius 1 is 1.04 bits per heavy atom. The van der Waals surface area contributed by atoms with Gasteiger partial charge in [-0.25, -0.2) is 4.79 Å². The van der Waals surface area contributed by atoms with E-state index in [2.05, 4.69) is 5.32 Å². The lowest BCUT2D eigenvalue weighted by Gasteiger charge is -2.18. The van der Waals surface area contributed by atoms with Gasteiger partial charge in [-0.3, -0.25) is 0 Å². The van der Waals surface area contributed by atoms with E-state index in [1.165, 1.54) is 0 Å². The Hall–Kier alpha value is -2.34. The molecule has 25 heavy (non-hydrogen) atoms. The molecule has 0 aliphatic heterocycles. The zero-order chi connectivity index (χ0) is 18.1. The van der Waals surface area contributed by atoms with Gasteiger partial charge in [0, 0.05) is 18.5 Å². The molecule has 0 aromatic heterocycles. The molecule has 3 rings (SSSR count). The summed E-state index contributed by atoms with van der Waals surface area (Å²) >= 11 is 0. The largest absolute Gasteiger partial charge is 0.478 e. The van der Waals surface area contributed by atoms with Gasteiger partial charge in [-0.1, -0.05) is 24.3 Å². The number of halogens is 3. The molecule has 0 bridgehead atoms. The first kappa shape index (κ1) is 17.5. The molecule has 0 unspecified atom stereocenters. The fourth-order valence-corrected chi connectivity index (χ4v) is 2.94. The second-order valence-corrected chi connectivity index (χ2v) is 6.46. The number of aromatic carboxylic acids is 1. The fourth-order valence-electron chi connectivity index (χ4n) is 2.94. The van der Waals surface area contributed by atoms with Crippen molar-refractivity contribution >= 4 is 5.97 Å². The number of carboxylic acids is 1. The van der Waals surface area contributed by atoms with Crippen LogP contribution in [0.4, 0.5) is 13.2 Å². The summed E-state index contributed by atoms with van der Waals surface area (Å²) in [6.45, 7) is 1.27. The Balaban J connectivity index is 1.58. The number of nitrogens with one attached hydrogen (secondary N) is 1. The lowest BCUT2D eigenvalue weighted by molar-refractivity contribution is -0.137. The first-order chi connectivity index (χ1) is 11.8. The molecule has 1 saturated carbocycles. The summed E-state index contributed by atoms with van der Waals surface area (Å²) in [5.74, 6) is -0.959. The van der Waals surface area contributed by atoms with Gasteiger partial charge in [0.25, 0.3) is 0 Å². The molecule has 2 aromatic rings. The second kappa shape index (κ2) is 6.52. The van der Waals surface area contributed by atoms with Crippen LogP contribution in [-0.4, -0.2) is 17.6 Å². The highest BCUT2D eigenvalue weighted by Gasteiger charge is 2.44. The lowest BCUT2D eigenvalue weighted by atomic mass is 9.94. The quantitative estimate of drug-likeness (QED) is 0.821. The maximum Gasteiger partial charge on any atom is 0.416 e. The minimum atomic E-state index is -4.31. The van der Waals surface area contributed by atoms with E-state index in [4.69, 9.17) is 5.11 Å². The van der Waals surface area contributed by atoms with Crippen LogP contribution in [0, 0.1) is 0 Å². The van der Waals surface area contributed by atoms with E-state index in [0.29, 0.717) is 13.1 Å². The lowest BCUT2D eigenvalue weighted by Crippen LogP contribution is -2.26. The average Bonchev–Trinajstić information content (AvgIpc) is 3.36. The number of hydrogen-bond donors (Lipinski definition) is 2. The van der Waals surface area contributed by atoms with Crippen molar-refractivity contribution < 1.29 is 23.1 Å². The van der Waals surface area contributed by atoms with E-state index in [1.807, 2.05) is 0 Å². The van der Waals surface area contributed by atoms with Gasteiger partial charge < -0.3 is 10.4 Å². The Morgan fingerprint density at radius 2 is 1.64 bits per heavy atom. The fraction of sp³-hybridized carbons (Fsp3) is 0.316. The molecule has 6 heteroatoms. The molecule has 0 amide bonds. The third-order valence-corrected chi connectivity index (χ3v) is 4.67. The van der Waals surface area contributed by atoms with Crippen LogP contribution in [0.15, 0.2) is 48.5 Å². The third kappa shape index (κ3) is 4.02. The van der Waals surface area contributed by atoms with Crippen molar-refractivity contribution in [3.05, 3.63) is 70.8 Å². The van der Waals surface area contributed by atoms with Gasteiger partial charge in [-0.15, -0.1) is 0 Å². The SMILES string of the molecule is O=C(O)c1ccc(CNCC2(c3ccc(C(F)(F)F)cc3)CC2)cc1. The second-order valence-electron chi connectivity index (χ2n) is 6.46. The molecular formula is C19H18F3NO2. The molecule has 1 aliphatic rings. The van der Waals surface area contributed by atoms with E-state index < -0.39 is 17.7 Å². The summed E-state index contributed by atoms with van der Waals surface area (Å²) in [6.07, 6.45) is -2.41. The molecule has 1 aliphatic carbocycles. The van der Waals surface area contributed by atoms with Gasteiger partial charge in [-0.05, 0) is 48.2 Å². The minimum absolute atomic E-state index is 0.0921. The summed E-state index contributed by atoms with van der Waals surface area (Å²) < 4.78 is 38.0. The highest BCUT2D eigenvalue weighted by Crippen LogP contribution is 2.48. The minimum Gasteiger partial charge on any atom is -0.478 e. The number of carbonyl (C=O) groups is 1. The summed E-state index contributed by atoms with van der Waals surface area (Å²) in [4.78, 5) is 10.8. The van der Waals surface area contributed by atoms with E-state index >= 15 is 0 Å². The standard InChI is InChI=1S/C19H18F3NO2/c20-19(21,22)16-7-5-15(6-8-16)18(9-10-18)12-23-11-13-1-3-14(4-2-13)17(24)25/h1-8,23H,9-12H2,(H,24,25). The Bertz CT molecular complexity index is 748. The molecule has 0 heterocycles. The molecule has 0 spiro atoms. The predicted octanol–water partition coefficient (Wildman–Crippen LogP) is 4.23. The van der Waals surface area contributed by atoms with Crippen molar-refractivity contribution in [2.45, 2.75) is 31.0 Å². The zero-order valence-corrected chi connectivity index (χ0v) is 13.4. The van der Waals surface area contributed by atoms with Crippen molar-refractivity contribution in [1.82, 2.24) is 5.32 Å². The van der Waals surface area contributed by atoms with Crippen LogP contribution >= 0.6 is 0 Å². The molecular weight excluding hydrogens is 331 g/mol. The van der Waals surface area contributed by atoms with Crippen LogP contribution in [-0.2, 0) is 18.1 Å². The van der Waals surface area contributed by atoms with Gasteiger partial charge in [0.05, 0.1) is 11.1 Å². The van der Waals surface area contributed by atoms with Crippen LogP contribution in [0.3, 0.4) is 0 Å². The monoisotopic (exact) mass is 349 g/mol. The van der Waals surface area contributed by atoms with E-state index in [1.54, 1.807) is 36.4 Å². The van der Waals surface area contributed by atoms with Crippen LogP contribution in [0.5, 0.6) is 0 Å². The first-order valence-corrected chi connectivity index (χ1v) is 8.01. The number of rotatable bonds is 6.